The summed E-state index contributed by atoms with van der Waals surface area (Å²) in [5, 5.41) is 14.5. The minimum absolute atomic E-state index is 0.0740. The lowest BCUT2D eigenvalue weighted by Gasteiger charge is -2.18. The second-order valence-corrected chi connectivity index (χ2v) is 5.84. The smallest absolute Gasteiger partial charge is 0.286 e. The second kappa shape index (κ2) is 9.20. The number of rotatable bonds is 8. The van der Waals surface area contributed by atoms with E-state index in [1.165, 1.54) is 27.4 Å². The highest BCUT2D eigenvalue weighted by atomic mass is 35.5. The first-order valence-electron chi connectivity index (χ1n) is 7.88. The van der Waals surface area contributed by atoms with Crippen molar-refractivity contribution in [1.82, 2.24) is 5.32 Å². The number of amides is 1. The van der Waals surface area contributed by atoms with Crippen LogP contribution in [0, 0.1) is 10.1 Å². The van der Waals surface area contributed by atoms with Gasteiger partial charge in [0, 0.05) is 30.3 Å². The van der Waals surface area contributed by atoms with Gasteiger partial charge in [0.25, 0.3) is 11.6 Å². The van der Waals surface area contributed by atoms with Gasteiger partial charge in [0.1, 0.15) is 11.7 Å². The molecule has 0 fully saturated rings. The summed E-state index contributed by atoms with van der Waals surface area (Å²) in [5.74, 6) is -0.272. The van der Waals surface area contributed by atoms with Gasteiger partial charge in [-0.05, 0) is 6.07 Å². The van der Waals surface area contributed by atoms with Gasteiger partial charge in [-0.1, -0.05) is 29.8 Å². The number of benzene rings is 2. The maximum atomic E-state index is 12.6. The Bertz CT molecular complexity index is 843. The van der Waals surface area contributed by atoms with E-state index < -0.39 is 22.6 Å². The van der Waals surface area contributed by atoms with E-state index >= 15 is 0 Å². The molecule has 0 aromatic heterocycles. The van der Waals surface area contributed by atoms with Gasteiger partial charge < -0.3 is 19.5 Å². The Morgan fingerprint density at radius 2 is 1.81 bits per heavy atom. The molecule has 2 aromatic rings. The van der Waals surface area contributed by atoms with Gasteiger partial charge >= 0.3 is 0 Å². The van der Waals surface area contributed by atoms with Crippen LogP contribution in [0.5, 0.6) is 11.5 Å². The number of hydrogen-bond acceptors (Lipinski definition) is 6. The molecule has 1 amide bonds. The minimum atomic E-state index is -0.654. The molecule has 1 unspecified atom stereocenters. The van der Waals surface area contributed by atoms with Crippen LogP contribution in [0.1, 0.15) is 22.0 Å². The second-order valence-electron chi connectivity index (χ2n) is 5.44. The molecule has 0 bridgehead atoms. The predicted molar refractivity (Wildman–Crippen MR) is 99.7 cm³/mol. The molecule has 0 heterocycles. The van der Waals surface area contributed by atoms with Crippen LogP contribution in [0.3, 0.4) is 0 Å². The zero-order valence-electron chi connectivity index (χ0n) is 15.0. The van der Waals surface area contributed by atoms with Crippen molar-refractivity contribution < 1.29 is 23.9 Å². The third kappa shape index (κ3) is 4.66. The van der Waals surface area contributed by atoms with Crippen LogP contribution in [-0.4, -0.2) is 38.7 Å². The minimum Gasteiger partial charge on any atom is -0.493 e. The molecule has 2 rings (SSSR count). The SMILES string of the molecule is COc1cc(C(=O)NCC(OC)c2ccccc2Cl)c([N+](=O)[O-])cc1OC. The molecule has 27 heavy (non-hydrogen) atoms. The van der Waals surface area contributed by atoms with Gasteiger partial charge in [0.05, 0.1) is 25.2 Å². The number of methoxy groups -OCH3 is 3. The fraction of sp³-hybridized carbons (Fsp3) is 0.278. The van der Waals surface area contributed by atoms with Gasteiger partial charge in [0.2, 0.25) is 0 Å². The molecule has 0 saturated carbocycles. The summed E-state index contributed by atoms with van der Waals surface area (Å²) in [6.45, 7) is 0.0740. The van der Waals surface area contributed by atoms with Crippen molar-refractivity contribution in [3.05, 3.63) is 62.7 Å². The predicted octanol–water partition coefficient (Wildman–Crippen LogP) is 3.38. The highest BCUT2D eigenvalue weighted by Crippen LogP contribution is 2.34. The molecule has 0 aliphatic heterocycles. The van der Waals surface area contributed by atoms with Crippen molar-refractivity contribution in [1.29, 1.82) is 0 Å². The summed E-state index contributed by atoms with van der Waals surface area (Å²) in [6.07, 6.45) is -0.512. The lowest BCUT2D eigenvalue weighted by molar-refractivity contribution is -0.385. The molecular formula is C18H19ClN2O6. The Hall–Kier alpha value is -2.84. The fourth-order valence-corrected chi connectivity index (χ4v) is 2.80. The van der Waals surface area contributed by atoms with Crippen molar-refractivity contribution in [2.75, 3.05) is 27.9 Å². The van der Waals surface area contributed by atoms with Crippen LogP contribution >= 0.6 is 11.6 Å². The Morgan fingerprint density at radius 1 is 1.19 bits per heavy atom. The molecule has 1 atom stereocenters. The van der Waals surface area contributed by atoms with Gasteiger partial charge in [-0.15, -0.1) is 0 Å². The van der Waals surface area contributed by atoms with Gasteiger partial charge in [-0.2, -0.15) is 0 Å². The first kappa shape index (κ1) is 20.5. The monoisotopic (exact) mass is 394 g/mol. The van der Waals surface area contributed by atoms with Crippen molar-refractivity contribution >= 4 is 23.2 Å². The van der Waals surface area contributed by atoms with Crippen LogP contribution in [0.15, 0.2) is 36.4 Å². The Balaban J connectivity index is 2.27. The van der Waals surface area contributed by atoms with Crippen molar-refractivity contribution in [2.24, 2.45) is 0 Å². The lowest BCUT2D eigenvalue weighted by Crippen LogP contribution is -2.29. The van der Waals surface area contributed by atoms with E-state index in [0.717, 1.165) is 6.07 Å². The molecule has 0 aliphatic rings. The number of carbonyl (C=O) groups is 1. The summed E-state index contributed by atoms with van der Waals surface area (Å²) in [7, 11) is 4.22. The molecular weight excluding hydrogens is 376 g/mol. The Kier molecular flexibility index (Phi) is 6.98. The fourth-order valence-electron chi connectivity index (χ4n) is 2.54. The van der Waals surface area contributed by atoms with Crippen molar-refractivity contribution in [3.63, 3.8) is 0 Å². The zero-order valence-corrected chi connectivity index (χ0v) is 15.8. The van der Waals surface area contributed by atoms with Crippen LogP contribution in [0.25, 0.3) is 0 Å². The number of ether oxygens (including phenoxy) is 3. The van der Waals surface area contributed by atoms with E-state index in [1.807, 2.05) is 0 Å². The number of halogens is 1. The van der Waals surface area contributed by atoms with Gasteiger partial charge in [0.15, 0.2) is 11.5 Å². The number of carbonyl (C=O) groups excluding carboxylic acids is 1. The lowest BCUT2D eigenvalue weighted by atomic mass is 10.1. The van der Waals surface area contributed by atoms with Crippen LogP contribution in [0.2, 0.25) is 5.02 Å². The standard InChI is InChI=1S/C18H19ClN2O6/c1-25-15-8-12(14(21(23)24)9-16(15)26-2)18(22)20-10-17(27-3)11-6-4-5-7-13(11)19/h4-9,17H,10H2,1-3H3,(H,20,22). The maximum Gasteiger partial charge on any atom is 0.286 e. The third-order valence-corrected chi connectivity index (χ3v) is 4.27. The van der Waals surface area contributed by atoms with Crippen molar-refractivity contribution in [3.8, 4) is 11.5 Å². The molecule has 0 aliphatic carbocycles. The quantitative estimate of drug-likeness (QED) is 0.544. The molecule has 0 saturated heterocycles. The molecule has 2 aromatic carbocycles. The van der Waals surface area contributed by atoms with E-state index in [0.29, 0.717) is 10.6 Å². The summed E-state index contributed by atoms with van der Waals surface area (Å²) in [5.41, 5.74) is 0.160. The van der Waals surface area contributed by atoms with Crippen molar-refractivity contribution in [2.45, 2.75) is 6.10 Å². The van der Waals surface area contributed by atoms with Gasteiger partial charge in [-0.3, -0.25) is 14.9 Å². The molecule has 144 valence electrons. The van der Waals surface area contributed by atoms with E-state index in [1.54, 1.807) is 24.3 Å². The average molecular weight is 395 g/mol. The van der Waals surface area contributed by atoms with Crippen LogP contribution in [-0.2, 0) is 4.74 Å². The molecule has 8 nitrogen and oxygen atoms in total. The van der Waals surface area contributed by atoms with Gasteiger partial charge in [-0.25, -0.2) is 0 Å². The van der Waals surface area contributed by atoms with E-state index in [2.05, 4.69) is 5.32 Å². The molecule has 0 radical (unpaired) electrons. The maximum absolute atomic E-state index is 12.6. The highest BCUT2D eigenvalue weighted by Gasteiger charge is 2.25. The number of hydrogen-bond donors (Lipinski definition) is 1. The van der Waals surface area contributed by atoms with E-state index in [9.17, 15) is 14.9 Å². The van der Waals surface area contributed by atoms with Crippen LogP contribution < -0.4 is 14.8 Å². The summed E-state index contributed by atoms with van der Waals surface area (Å²) < 4.78 is 15.6. The van der Waals surface area contributed by atoms with E-state index in [-0.39, 0.29) is 23.6 Å². The average Bonchev–Trinajstić information content (AvgIpc) is 2.68. The first-order valence-corrected chi connectivity index (χ1v) is 8.26. The topological polar surface area (TPSA) is 99.9 Å². The number of nitrogens with zero attached hydrogens (tertiary/aromatic N) is 1. The largest absolute Gasteiger partial charge is 0.493 e. The third-order valence-electron chi connectivity index (χ3n) is 3.93. The highest BCUT2D eigenvalue weighted by molar-refractivity contribution is 6.31. The number of nitrogens with one attached hydrogen (secondary N) is 1. The summed E-state index contributed by atoms with van der Waals surface area (Å²) in [4.78, 5) is 23.3. The first-order chi connectivity index (χ1) is 12.9. The Labute approximate surface area is 161 Å². The molecule has 9 heteroatoms. The molecule has 0 spiro atoms. The number of nitro benzene ring substituents is 1. The summed E-state index contributed by atoms with van der Waals surface area (Å²) in [6, 6.07) is 9.49. The van der Waals surface area contributed by atoms with E-state index in [4.69, 9.17) is 25.8 Å². The molecule has 1 N–H and O–H groups in total. The number of nitro groups is 1. The van der Waals surface area contributed by atoms with Crippen LogP contribution in [0.4, 0.5) is 5.69 Å². The summed E-state index contributed by atoms with van der Waals surface area (Å²) >= 11 is 6.16. The Morgan fingerprint density at radius 3 is 2.37 bits per heavy atom. The zero-order chi connectivity index (χ0) is 20.0. The normalized spacial score (nSPS) is 11.6.